The maximum Gasteiger partial charge on any atom is 0.256 e. The summed E-state index contributed by atoms with van der Waals surface area (Å²) < 4.78 is 4.83. The summed E-state index contributed by atoms with van der Waals surface area (Å²) in [6.07, 6.45) is 9.43. The molecule has 0 aromatic carbocycles. The van der Waals surface area contributed by atoms with E-state index >= 15 is 0 Å². The van der Waals surface area contributed by atoms with Crippen molar-refractivity contribution in [3.8, 4) is 0 Å². The number of rotatable bonds is 6. The van der Waals surface area contributed by atoms with Crippen LogP contribution in [-0.4, -0.2) is 4.57 Å². The molecule has 0 N–H and O–H groups in total. The molecule has 0 bridgehead atoms. The molecule has 0 aliphatic heterocycles. The van der Waals surface area contributed by atoms with E-state index in [-0.39, 0.29) is 0 Å². The Morgan fingerprint density at radius 2 is 2.00 bits per heavy atom. The predicted octanol–water partition coefficient (Wildman–Crippen LogP) is 3.11. The Bertz CT molecular complexity index is 287. The monoisotopic (exact) mass is 209 g/mol. The highest BCUT2D eigenvalue weighted by Crippen LogP contribution is 2.09. The average molecular weight is 209 g/mol. The summed E-state index contributed by atoms with van der Waals surface area (Å²) in [6.45, 7) is 10.2. The van der Waals surface area contributed by atoms with Gasteiger partial charge in [0.15, 0.2) is 0 Å². The van der Waals surface area contributed by atoms with E-state index in [0.29, 0.717) is 6.04 Å². The SMILES string of the molecule is CCCC[n+]1ccn(C(C)C)c1CCC. The summed E-state index contributed by atoms with van der Waals surface area (Å²) >= 11 is 0. The molecule has 1 aromatic rings. The predicted molar refractivity (Wildman–Crippen MR) is 63.9 cm³/mol. The molecule has 0 spiro atoms. The minimum Gasteiger partial charge on any atom is -0.234 e. The molecule has 0 saturated heterocycles. The highest BCUT2D eigenvalue weighted by Gasteiger charge is 2.17. The number of imidazole rings is 1. The Hall–Kier alpha value is -0.790. The van der Waals surface area contributed by atoms with Crippen LogP contribution in [0, 0.1) is 0 Å². The van der Waals surface area contributed by atoms with Gasteiger partial charge in [0.1, 0.15) is 12.4 Å². The van der Waals surface area contributed by atoms with E-state index in [1.165, 1.54) is 38.1 Å². The Balaban J connectivity index is 2.85. The third-order valence-corrected chi connectivity index (χ3v) is 2.82. The lowest BCUT2D eigenvalue weighted by atomic mass is 10.3. The van der Waals surface area contributed by atoms with Crippen molar-refractivity contribution < 1.29 is 4.57 Å². The summed E-state index contributed by atoms with van der Waals surface area (Å²) in [5.41, 5.74) is 0. The van der Waals surface area contributed by atoms with Gasteiger partial charge in [-0.3, -0.25) is 0 Å². The van der Waals surface area contributed by atoms with Crippen molar-refractivity contribution in [3.63, 3.8) is 0 Å². The first-order chi connectivity index (χ1) is 7.20. The lowest BCUT2D eigenvalue weighted by molar-refractivity contribution is -0.704. The van der Waals surface area contributed by atoms with Crippen molar-refractivity contribution in [2.45, 2.75) is 66.0 Å². The first-order valence-electron chi connectivity index (χ1n) is 6.29. The van der Waals surface area contributed by atoms with Crippen LogP contribution in [0.1, 0.15) is 58.8 Å². The molecule has 0 aliphatic carbocycles. The van der Waals surface area contributed by atoms with E-state index in [1.807, 2.05) is 0 Å². The Morgan fingerprint density at radius 3 is 2.53 bits per heavy atom. The molecule has 1 rings (SSSR count). The van der Waals surface area contributed by atoms with Crippen LogP contribution in [0.25, 0.3) is 0 Å². The zero-order valence-electron chi connectivity index (χ0n) is 10.7. The second-order valence-corrected chi connectivity index (χ2v) is 4.51. The van der Waals surface area contributed by atoms with Crippen molar-refractivity contribution in [2.24, 2.45) is 0 Å². The third kappa shape index (κ3) is 3.08. The third-order valence-electron chi connectivity index (χ3n) is 2.82. The van der Waals surface area contributed by atoms with Gasteiger partial charge in [0.2, 0.25) is 0 Å². The number of nitrogens with zero attached hydrogens (tertiary/aromatic N) is 2. The topological polar surface area (TPSA) is 8.81 Å². The fourth-order valence-electron chi connectivity index (χ4n) is 1.97. The van der Waals surface area contributed by atoms with Crippen molar-refractivity contribution in [1.82, 2.24) is 4.57 Å². The second kappa shape index (κ2) is 5.94. The summed E-state index contributed by atoms with van der Waals surface area (Å²) in [7, 11) is 0. The van der Waals surface area contributed by atoms with Crippen molar-refractivity contribution in [2.75, 3.05) is 0 Å². The van der Waals surface area contributed by atoms with Crippen LogP contribution in [0.15, 0.2) is 12.4 Å². The average Bonchev–Trinajstić information content (AvgIpc) is 2.59. The molecule has 0 saturated carbocycles. The Morgan fingerprint density at radius 1 is 1.27 bits per heavy atom. The molecule has 2 heteroatoms. The molecule has 0 radical (unpaired) electrons. The molecule has 1 aromatic heterocycles. The Kier molecular flexibility index (Phi) is 4.86. The molecule has 0 aliphatic rings. The molecule has 86 valence electrons. The van der Waals surface area contributed by atoms with Gasteiger partial charge < -0.3 is 0 Å². The van der Waals surface area contributed by atoms with Crippen LogP contribution in [-0.2, 0) is 13.0 Å². The molecule has 0 atom stereocenters. The molecular formula is C13H25N2+. The first kappa shape index (κ1) is 12.3. The van der Waals surface area contributed by atoms with Gasteiger partial charge in [0.25, 0.3) is 5.82 Å². The highest BCUT2D eigenvalue weighted by molar-refractivity contribution is 4.86. The molecule has 0 unspecified atom stereocenters. The van der Waals surface area contributed by atoms with Crippen LogP contribution in [0.4, 0.5) is 0 Å². The normalized spacial score (nSPS) is 11.3. The lowest BCUT2D eigenvalue weighted by Crippen LogP contribution is -2.37. The number of hydrogen-bond acceptors (Lipinski definition) is 0. The Labute approximate surface area is 93.9 Å². The maximum atomic E-state index is 2.42. The smallest absolute Gasteiger partial charge is 0.234 e. The summed E-state index contributed by atoms with van der Waals surface area (Å²) in [4.78, 5) is 0. The van der Waals surface area contributed by atoms with Crippen LogP contribution < -0.4 is 4.57 Å². The van der Waals surface area contributed by atoms with E-state index < -0.39 is 0 Å². The molecular weight excluding hydrogens is 184 g/mol. The van der Waals surface area contributed by atoms with Gasteiger partial charge in [-0.05, 0) is 26.7 Å². The molecule has 0 fully saturated rings. The lowest BCUT2D eigenvalue weighted by Gasteiger charge is -2.06. The van der Waals surface area contributed by atoms with Gasteiger partial charge in [-0.1, -0.05) is 20.3 Å². The van der Waals surface area contributed by atoms with Gasteiger partial charge in [0.05, 0.1) is 12.6 Å². The second-order valence-electron chi connectivity index (χ2n) is 4.51. The molecule has 15 heavy (non-hydrogen) atoms. The van der Waals surface area contributed by atoms with Crippen molar-refractivity contribution in [1.29, 1.82) is 0 Å². The van der Waals surface area contributed by atoms with Crippen LogP contribution in [0.3, 0.4) is 0 Å². The van der Waals surface area contributed by atoms with Crippen molar-refractivity contribution in [3.05, 3.63) is 18.2 Å². The van der Waals surface area contributed by atoms with E-state index in [2.05, 4.69) is 49.2 Å². The fourth-order valence-corrected chi connectivity index (χ4v) is 1.97. The zero-order valence-corrected chi connectivity index (χ0v) is 10.7. The van der Waals surface area contributed by atoms with E-state index in [1.54, 1.807) is 0 Å². The molecule has 0 amide bonds. The van der Waals surface area contributed by atoms with Crippen LogP contribution in [0.2, 0.25) is 0 Å². The number of unbranched alkanes of at least 4 members (excludes halogenated alkanes) is 1. The van der Waals surface area contributed by atoms with Crippen LogP contribution in [0.5, 0.6) is 0 Å². The standard InChI is InChI=1S/C13H25N2/c1-5-7-9-14-10-11-15(12(3)4)13(14)8-6-2/h10-12H,5-9H2,1-4H3/q+1. The quantitative estimate of drug-likeness (QED) is 0.637. The fraction of sp³-hybridized carbons (Fsp3) is 0.769. The van der Waals surface area contributed by atoms with Gasteiger partial charge in [0, 0.05) is 6.42 Å². The molecule has 2 nitrogen and oxygen atoms in total. The van der Waals surface area contributed by atoms with E-state index in [9.17, 15) is 0 Å². The highest BCUT2D eigenvalue weighted by atomic mass is 15.2. The number of hydrogen-bond donors (Lipinski definition) is 0. The van der Waals surface area contributed by atoms with Crippen molar-refractivity contribution >= 4 is 0 Å². The van der Waals surface area contributed by atoms with Gasteiger partial charge >= 0.3 is 0 Å². The first-order valence-corrected chi connectivity index (χ1v) is 6.29. The van der Waals surface area contributed by atoms with Gasteiger partial charge in [-0.25, -0.2) is 9.13 Å². The minimum absolute atomic E-state index is 0.578. The zero-order chi connectivity index (χ0) is 11.3. The van der Waals surface area contributed by atoms with Crippen LogP contribution >= 0.6 is 0 Å². The summed E-state index contributed by atoms with van der Waals surface area (Å²) in [6, 6.07) is 0.578. The van der Waals surface area contributed by atoms with Gasteiger partial charge in [-0.15, -0.1) is 0 Å². The summed E-state index contributed by atoms with van der Waals surface area (Å²) in [5, 5.41) is 0. The van der Waals surface area contributed by atoms with Gasteiger partial charge in [-0.2, -0.15) is 0 Å². The number of aromatic nitrogens is 2. The molecule has 1 heterocycles. The summed E-state index contributed by atoms with van der Waals surface area (Å²) in [5.74, 6) is 1.49. The van der Waals surface area contributed by atoms with E-state index in [4.69, 9.17) is 0 Å². The number of aryl methyl sites for hydroxylation is 1. The largest absolute Gasteiger partial charge is 0.256 e. The van der Waals surface area contributed by atoms with E-state index in [0.717, 1.165) is 0 Å². The maximum absolute atomic E-state index is 2.42. The minimum atomic E-state index is 0.578.